The SMILES string of the molecule is C1CCCC(N=C2NC3(CCOCC3)CS2)CCC1. The van der Waals surface area contributed by atoms with E-state index in [0.29, 0.717) is 11.6 Å². The van der Waals surface area contributed by atoms with Crippen LogP contribution in [-0.4, -0.2) is 35.7 Å². The Labute approximate surface area is 121 Å². The van der Waals surface area contributed by atoms with E-state index >= 15 is 0 Å². The third-order valence-electron chi connectivity index (χ3n) is 4.68. The van der Waals surface area contributed by atoms with Gasteiger partial charge in [-0.05, 0) is 25.7 Å². The van der Waals surface area contributed by atoms with Crippen molar-refractivity contribution in [3.63, 3.8) is 0 Å². The zero-order valence-corrected chi connectivity index (χ0v) is 12.6. The zero-order chi connectivity index (χ0) is 13.0. The number of nitrogens with zero attached hydrogens (tertiary/aromatic N) is 1. The topological polar surface area (TPSA) is 33.6 Å². The summed E-state index contributed by atoms with van der Waals surface area (Å²) < 4.78 is 5.48. The molecule has 0 aromatic carbocycles. The summed E-state index contributed by atoms with van der Waals surface area (Å²) in [7, 11) is 0. The number of hydrogen-bond acceptors (Lipinski definition) is 3. The highest BCUT2D eigenvalue weighted by Gasteiger charge is 2.38. The van der Waals surface area contributed by atoms with Crippen LogP contribution in [0.1, 0.15) is 57.8 Å². The molecular weight excluding hydrogens is 256 g/mol. The summed E-state index contributed by atoms with van der Waals surface area (Å²) in [6.45, 7) is 1.81. The maximum absolute atomic E-state index is 5.48. The number of nitrogens with one attached hydrogen (secondary N) is 1. The molecule has 3 fully saturated rings. The lowest BCUT2D eigenvalue weighted by atomic mass is 9.93. The van der Waals surface area contributed by atoms with Crippen LogP contribution in [0, 0.1) is 0 Å². The van der Waals surface area contributed by atoms with Gasteiger partial charge in [0.2, 0.25) is 0 Å². The fourth-order valence-corrected chi connectivity index (χ4v) is 4.62. The van der Waals surface area contributed by atoms with Crippen molar-refractivity contribution in [1.82, 2.24) is 5.32 Å². The van der Waals surface area contributed by atoms with Crippen LogP contribution in [0.25, 0.3) is 0 Å². The molecule has 19 heavy (non-hydrogen) atoms. The molecule has 3 aliphatic rings. The van der Waals surface area contributed by atoms with E-state index in [1.165, 1.54) is 55.9 Å². The van der Waals surface area contributed by atoms with Gasteiger partial charge < -0.3 is 10.1 Å². The first-order chi connectivity index (χ1) is 9.36. The predicted molar refractivity (Wildman–Crippen MR) is 81.9 cm³/mol. The van der Waals surface area contributed by atoms with Crippen LogP contribution in [0.3, 0.4) is 0 Å². The van der Waals surface area contributed by atoms with E-state index in [4.69, 9.17) is 9.73 Å². The highest BCUT2D eigenvalue weighted by molar-refractivity contribution is 8.14. The molecule has 0 radical (unpaired) electrons. The molecular formula is C15H26N2OS. The molecule has 0 atom stereocenters. The predicted octanol–water partition coefficient (Wildman–Crippen LogP) is 3.34. The lowest BCUT2D eigenvalue weighted by Crippen LogP contribution is -2.48. The summed E-state index contributed by atoms with van der Waals surface area (Å²) >= 11 is 1.94. The lowest BCUT2D eigenvalue weighted by molar-refractivity contribution is 0.0555. The molecule has 1 spiro atoms. The molecule has 4 heteroatoms. The van der Waals surface area contributed by atoms with Crippen molar-refractivity contribution >= 4 is 16.9 Å². The highest BCUT2D eigenvalue weighted by atomic mass is 32.2. The molecule has 3 rings (SSSR count). The third kappa shape index (κ3) is 3.66. The van der Waals surface area contributed by atoms with Crippen molar-refractivity contribution in [1.29, 1.82) is 0 Å². The van der Waals surface area contributed by atoms with Crippen LogP contribution >= 0.6 is 11.8 Å². The van der Waals surface area contributed by atoms with E-state index < -0.39 is 0 Å². The van der Waals surface area contributed by atoms with Crippen molar-refractivity contribution in [2.24, 2.45) is 4.99 Å². The van der Waals surface area contributed by atoms with Gasteiger partial charge in [-0.15, -0.1) is 0 Å². The van der Waals surface area contributed by atoms with E-state index in [9.17, 15) is 0 Å². The van der Waals surface area contributed by atoms with Gasteiger partial charge in [-0.1, -0.05) is 43.9 Å². The maximum atomic E-state index is 5.48. The molecule has 0 unspecified atom stereocenters. The van der Waals surface area contributed by atoms with Gasteiger partial charge in [-0.2, -0.15) is 0 Å². The minimum absolute atomic E-state index is 0.295. The zero-order valence-electron chi connectivity index (χ0n) is 11.8. The van der Waals surface area contributed by atoms with Gasteiger partial charge in [-0.25, -0.2) is 0 Å². The van der Waals surface area contributed by atoms with Crippen molar-refractivity contribution in [2.75, 3.05) is 19.0 Å². The van der Waals surface area contributed by atoms with Crippen molar-refractivity contribution in [2.45, 2.75) is 69.4 Å². The second-order valence-electron chi connectivity index (χ2n) is 6.24. The van der Waals surface area contributed by atoms with Gasteiger partial charge in [0, 0.05) is 19.0 Å². The minimum Gasteiger partial charge on any atom is -0.381 e. The van der Waals surface area contributed by atoms with E-state index in [1.54, 1.807) is 0 Å². The van der Waals surface area contributed by atoms with Crippen molar-refractivity contribution in [3.8, 4) is 0 Å². The first-order valence-electron chi connectivity index (χ1n) is 7.93. The van der Waals surface area contributed by atoms with Gasteiger partial charge in [0.15, 0.2) is 5.17 Å². The fourth-order valence-electron chi connectivity index (χ4n) is 3.34. The quantitative estimate of drug-likeness (QED) is 0.801. The molecule has 0 aromatic heterocycles. The van der Waals surface area contributed by atoms with Crippen LogP contribution in [-0.2, 0) is 4.74 Å². The van der Waals surface area contributed by atoms with Gasteiger partial charge in [0.1, 0.15) is 0 Å². The normalized spacial score (nSPS) is 31.1. The molecule has 2 saturated heterocycles. The van der Waals surface area contributed by atoms with E-state index in [0.717, 1.165) is 26.1 Å². The molecule has 1 aliphatic carbocycles. The molecule has 2 aliphatic heterocycles. The summed E-state index contributed by atoms with van der Waals surface area (Å²) in [5, 5.41) is 4.94. The average molecular weight is 282 g/mol. The summed E-state index contributed by atoms with van der Waals surface area (Å²) in [6, 6.07) is 0.574. The molecule has 3 nitrogen and oxygen atoms in total. The third-order valence-corrected chi connectivity index (χ3v) is 5.86. The van der Waals surface area contributed by atoms with Gasteiger partial charge in [-0.3, -0.25) is 4.99 Å². The smallest absolute Gasteiger partial charge is 0.157 e. The monoisotopic (exact) mass is 282 g/mol. The van der Waals surface area contributed by atoms with E-state index in [2.05, 4.69) is 5.32 Å². The summed E-state index contributed by atoms with van der Waals surface area (Å²) in [6.07, 6.45) is 11.8. The van der Waals surface area contributed by atoms with Crippen LogP contribution in [0.4, 0.5) is 0 Å². The first-order valence-corrected chi connectivity index (χ1v) is 8.91. The minimum atomic E-state index is 0.295. The van der Waals surface area contributed by atoms with Crippen LogP contribution in [0.15, 0.2) is 4.99 Å². The number of rotatable bonds is 1. The Balaban J connectivity index is 1.57. The van der Waals surface area contributed by atoms with Gasteiger partial charge in [0.05, 0.1) is 11.6 Å². The fraction of sp³-hybridized carbons (Fsp3) is 0.933. The van der Waals surface area contributed by atoms with Crippen LogP contribution < -0.4 is 5.32 Å². The summed E-state index contributed by atoms with van der Waals surface area (Å²) in [4.78, 5) is 5.01. The molecule has 2 heterocycles. The largest absolute Gasteiger partial charge is 0.381 e. The number of amidine groups is 1. The summed E-state index contributed by atoms with van der Waals surface area (Å²) in [5.74, 6) is 1.18. The lowest BCUT2D eigenvalue weighted by Gasteiger charge is -2.32. The number of hydrogen-bond donors (Lipinski definition) is 1. The van der Waals surface area contributed by atoms with Crippen LogP contribution in [0.5, 0.6) is 0 Å². The van der Waals surface area contributed by atoms with Crippen molar-refractivity contribution in [3.05, 3.63) is 0 Å². The second-order valence-corrected chi connectivity index (χ2v) is 7.20. The molecule has 1 saturated carbocycles. The Hall–Kier alpha value is -0.220. The van der Waals surface area contributed by atoms with Gasteiger partial charge in [0.25, 0.3) is 0 Å². The number of aliphatic imine (C=N–C) groups is 1. The standard InChI is InChI=1S/C15H26N2OS/c1-2-4-6-13(7-5-3-1)16-14-17-15(12-19-14)8-10-18-11-9-15/h13H,1-12H2,(H,16,17). The second kappa shape index (κ2) is 6.49. The molecule has 108 valence electrons. The Morgan fingerprint density at radius 2 is 1.74 bits per heavy atom. The highest BCUT2D eigenvalue weighted by Crippen LogP contribution is 2.32. The maximum Gasteiger partial charge on any atom is 0.157 e. The van der Waals surface area contributed by atoms with E-state index in [-0.39, 0.29) is 0 Å². The average Bonchev–Trinajstić information content (AvgIpc) is 2.76. The number of ether oxygens (including phenoxy) is 1. The van der Waals surface area contributed by atoms with Crippen molar-refractivity contribution < 1.29 is 4.74 Å². The Morgan fingerprint density at radius 1 is 1.05 bits per heavy atom. The Kier molecular flexibility index (Phi) is 4.69. The van der Waals surface area contributed by atoms with Gasteiger partial charge >= 0.3 is 0 Å². The molecule has 0 amide bonds. The number of thioether (sulfide) groups is 1. The first kappa shape index (κ1) is 13.7. The molecule has 0 bridgehead atoms. The molecule has 0 aromatic rings. The van der Waals surface area contributed by atoms with E-state index in [1.807, 2.05) is 11.8 Å². The van der Waals surface area contributed by atoms with Crippen LogP contribution in [0.2, 0.25) is 0 Å². The Bertz CT molecular complexity index is 318. The Morgan fingerprint density at radius 3 is 2.47 bits per heavy atom. The molecule has 1 N–H and O–H groups in total. The summed E-state index contributed by atoms with van der Waals surface area (Å²) in [5.41, 5.74) is 0.295.